The number of para-hydroxylation sites is 2. The van der Waals surface area contributed by atoms with Crippen LogP contribution in [0, 0.1) is 0 Å². The molecule has 6 heteroatoms. The maximum absolute atomic E-state index is 6.24. The molecular weight excluding hydrogens is 590 g/mol. The first-order chi connectivity index (χ1) is 23.8. The van der Waals surface area contributed by atoms with Crippen molar-refractivity contribution in [1.82, 2.24) is 25.0 Å². The van der Waals surface area contributed by atoms with Crippen LogP contribution < -0.4 is 0 Å². The van der Waals surface area contributed by atoms with Crippen LogP contribution in [0.1, 0.15) is 0 Å². The summed E-state index contributed by atoms with van der Waals surface area (Å²) in [5.74, 6) is 0.648. The Hall–Kier alpha value is -6.66. The number of aromatic nitrogens is 5. The Morgan fingerprint density at radius 2 is 1.21 bits per heavy atom. The lowest BCUT2D eigenvalue weighted by atomic mass is 9.98. The molecule has 0 fully saturated rings. The fourth-order valence-corrected chi connectivity index (χ4v) is 6.79. The van der Waals surface area contributed by atoms with Gasteiger partial charge in [-0.05, 0) is 58.6 Å². The normalized spacial score (nSPS) is 11.8. The monoisotopic (exact) mass is 615 g/mol. The first kappa shape index (κ1) is 26.5. The van der Waals surface area contributed by atoms with Crippen molar-refractivity contribution in [3.63, 3.8) is 0 Å². The summed E-state index contributed by atoms with van der Waals surface area (Å²) in [6.07, 6.45) is 0. The molecule has 0 aliphatic rings. The van der Waals surface area contributed by atoms with Crippen LogP contribution in [0.4, 0.5) is 0 Å². The van der Waals surface area contributed by atoms with Crippen molar-refractivity contribution in [1.29, 1.82) is 0 Å². The van der Waals surface area contributed by atoms with Gasteiger partial charge in [0.05, 0.1) is 17.1 Å². The Morgan fingerprint density at radius 1 is 0.479 bits per heavy atom. The topological polar surface area (TPSA) is 69.6 Å². The predicted octanol–water partition coefficient (Wildman–Crippen LogP) is 10.4. The van der Waals surface area contributed by atoms with Crippen molar-refractivity contribution in [3.05, 3.63) is 152 Å². The molecule has 48 heavy (non-hydrogen) atoms. The summed E-state index contributed by atoms with van der Waals surface area (Å²) in [7, 11) is 0. The van der Waals surface area contributed by atoms with Gasteiger partial charge in [-0.1, -0.05) is 109 Å². The molecule has 0 unspecified atom stereocenters. The van der Waals surface area contributed by atoms with E-state index in [0.717, 1.165) is 88.3 Å². The molecule has 7 aromatic carbocycles. The summed E-state index contributed by atoms with van der Waals surface area (Å²) in [5, 5.41) is 16.3. The van der Waals surface area contributed by atoms with Crippen LogP contribution in [0.3, 0.4) is 0 Å². The maximum atomic E-state index is 6.24. The number of hydrogen-bond donors (Lipinski definition) is 0. The lowest BCUT2D eigenvalue weighted by Crippen LogP contribution is -1.97. The van der Waals surface area contributed by atoms with Crippen LogP contribution in [-0.2, 0) is 0 Å². The van der Waals surface area contributed by atoms with Gasteiger partial charge in [0, 0.05) is 32.8 Å². The summed E-state index contributed by atoms with van der Waals surface area (Å²) in [5.41, 5.74) is 8.95. The van der Waals surface area contributed by atoms with E-state index in [0.29, 0.717) is 5.82 Å². The van der Waals surface area contributed by atoms with Gasteiger partial charge in [-0.3, -0.25) is 0 Å². The number of nitrogens with zero attached hydrogens (tertiary/aromatic N) is 5. The highest BCUT2D eigenvalue weighted by molar-refractivity contribution is 6.19. The molecule has 224 valence electrons. The quantitative estimate of drug-likeness (QED) is 0.184. The van der Waals surface area contributed by atoms with E-state index in [-0.39, 0.29) is 0 Å². The first-order valence-corrected chi connectivity index (χ1v) is 15.9. The molecule has 0 atom stereocenters. The average molecular weight is 616 g/mol. The van der Waals surface area contributed by atoms with Crippen LogP contribution in [0.5, 0.6) is 0 Å². The fraction of sp³-hybridized carbons (Fsp3) is 0. The van der Waals surface area contributed by atoms with Crippen LogP contribution in [0.25, 0.3) is 94.1 Å². The molecule has 0 aliphatic carbocycles. The third-order valence-electron chi connectivity index (χ3n) is 9.07. The van der Waals surface area contributed by atoms with Crippen molar-refractivity contribution in [2.45, 2.75) is 0 Å². The highest BCUT2D eigenvalue weighted by Gasteiger charge is 2.18. The second kappa shape index (κ2) is 10.4. The molecule has 0 amide bonds. The summed E-state index contributed by atoms with van der Waals surface area (Å²) >= 11 is 0. The Morgan fingerprint density at radius 3 is 2.10 bits per heavy atom. The summed E-state index contributed by atoms with van der Waals surface area (Å²) in [6.45, 7) is 0. The number of hydrogen-bond acceptors (Lipinski definition) is 5. The third kappa shape index (κ3) is 4.20. The van der Waals surface area contributed by atoms with Crippen molar-refractivity contribution in [3.8, 4) is 39.6 Å². The zero-order chi connectivity index (χ0) is 31.6. The summed E-state index contributed by atoms with van der Waals surface area (Å²) in [4.78, 5) is 12.1. The van der Waals surface area contributed by atoms with E-state index in [4.69, 9.17) is 24.6 Å². The van der Waals surface area contributed by atoms with E-state index in [2.05, 4.69) is 66.7 Å². The molecule has 10 aromatic rings. The van der Waals surface area contributed by atoms with Crippen LogP contribution >= 0.6 is 0 Å². The SMILES string of the molecule is c1ccc(-c2cc(-c3cccc4oc5ccccc5c34)nc(-c3ccc4ccc5ccc6nn(-c7ccccc7)nc6c5c4c3)n2)cc1. The Kier molecular flexibility index (Phi) is 5.77. The molecule has 3 aromatic heterocycles. The van der Waals surface area contributed by atoms with Gasteiger partial charge in [0.25, 0.3) is 0 Å². The average Bonchev–Trinajstić information content (AvgIpc) is 3.77. The van der Waals surface area contributed by atoms with Gasteiger partial charge >= 0.3 is 0 Å². The number of fused-ring (bicyclic) bond motifs is 8. The highest BCUT2D eigenvalue weighted by Crippen LogP contribution is 2.38. The van der Waals surface area contributed by atoms with Gasteiger partial charge in [-0.25, -0.2) is 9.97 Å². The molecule has 0 radical (unpaired) electrons. The molecule has 10 rings (SSSR count). The highest BCUT2D eigenvalue weighted by atomic mass is 16.3. The second-order valence-electron chi connectivity index (χ2n) is 12.0. The fourth-order valence-electron chi connectivity index (χ4n) is 6.79. The zero-order valence-corrected chi connectivity index (χ0v) is 25.6. The number of benzene rings is 7. The Labute approximate surface area is 274 Å². The van der Waals surface area contributed by atoms with Gasteiger partial charge in [0.2, 0.25) is 0 Å². The first-order valence-electron chi connectivity index (χ1n) is 15.9. The van der Waals surface area contributed by atoms with Gasteiger partial charge in [0.1, 0.15) is 22.2 Å². The minimum absolute atomic E-state index is 0.648. The van der Waals surface area contributed by atoms with Crippen LogP contribution in [0.15, 0.2) is 156 Å². The van der Waals surface area contributed by atoms with Crippen LogP contribution in [0.2, 0.25) is 0 Å². The Bertz CT molecular complexity index is 2840. The van der Waals surface area contributed by atoms with Crippen LogP contribution in [-0.4, -0.2) is 25.0 Å². The number of rotatable bonds is 4. The molecule has 0 aliphatic heterocycles. The molecule has 0 spiro atoms. The Balaban J connectivity index is 1.22. The van der Waals surface area contributed by atoms with Crippen molar-refractivity contribution < 1.29 is 4.42 Å². The second-order valence-corrected chi connectivity index (χ2v) is 12.0. The molecular formula is C42H25N5O. The van der Waals surface area contributed by atoms with E-state index in [9.17, 15) is 0 Å². The molecule has 0 saturated heterocycles. The lowest BCUT2D eigenvalue weighted by molar-refractivity contribution is 0.669. The zero-order valence-electron chi connectivity index (χ0n) is 25.6. The van der Waals surface area contributed by atoms with E-state index in [1.165, 1.54) is 0 Å². The largest absolute Gasteiger partial charge is 0.456 e. The van der Waals surface area contributed by atoms with Crippen molar-refractivity contribution in [2.24, 2.45) is 0 Å². The molecule has 0 N–H and O–H groups in total. The smallest absolute Gasteiger partial charge is 0.160 e. The minimum atomic E-state index is 0.648. The summed E-state index contributed by atoms with van der Waals surface area (Å²) in [6, 6.07) is 51.6. The van der Waals surface area contributed by atoms with Gasteiger partial charge in [-0.15, -0.1) is 10.2 Å². The standard InChI is InChI=1S/C42H25N5O/c1-3-10-27(11-4-1)35-25-36(31-15-9-17-38-40(31)32-14-7-8-16-37(32)48-38)44-42(43-35)29-21-19-26-18-20-28-22-23-34-41(39(28)33(26)24-29)46-47(45-34)30-12-5-2-6-13-30/h1-25H. The molecule has 3 heterocycles. The van der Waals surface area contributed by atoms with E-state index < -0.39 is 0 Å². The number of furan rings is 1. The molecule has 6 nitrogen and oxygen atoms in total. The molecule has 0 bridgehead atoms. The summed E-state index contributed by atoms with van der Waals surface area (Å²) < 4.78 is 6.24. The molecule has 0 saturated carbocycles. The van der Waals surface area contributed by atoms with Gasteiger partial charge < -0.3 is 4.42 Å². The van der Waals surface area contributed by atoms with Crippen molar-refractivity contribution >= 4 is 54.5 Å². The van der Waals surface area contributed by atoms with E-state index in [1.807, 2.05) is 84.9 Å². The van der Waals surface area contributed by atoms with Crippen molar-refractivity contribution in [2.75, 3.05) is 0 Å². The lowest BCUT2D eigenvalue weighted by Gasteiger charge is -2.11. The predicted molar refractivity (Wildman–Crippen MR) is 193 cm³/mol. The maximum Gasteiger partial charge on any atom is 0.160 e. The van der Waals surface area contributed by atoms with Gasteiger partial charge in [0.15, 0.2) is 5.82 Å². The third-order valence-corrected chi connectivity index (χ3v) is 9.07. The van der Waals surface area contributed by atoms with E-state index >= 15 is 0 Å². The van der Waals surface area contributed by atoms with Gasteiger partial charge in [-0.2, -0.15) is 4.80 Å². The van der Waals surface area contributed by atoms with E-state index in [1.54, 1.807) is 4.80 Å². The minimum Gasteiger partial charge on any atom is -0.456 e.